The highest BCUT2D eigenvalue weighted by Gasteiger charge is 2.27. The summed E-state index contributed by atoms with van der Waals surface area (Å²) in [6.45, 7) is 2.07. The van der Waals surface area contributed by atoms with Gasteiger partial charge in [-0.25, -0.2) is 0 Å². The van der Waals surface area contributed by atoms with Crippen molar-refractivity contribution in [2.24, 2.45) is 0 Å². The van der Waals surface area contributed by atoms with Gasteiger partial charge in [-0.3, -0.25) is 14.5 Å². The predicted octanol–water partition coefficient (Wildman–Crippen LogP) is 2.54. The maximum atomic E-state index is 11.8. The van der Waals surface area contributed by atoms with Crippen molar-refractivity contribution in [3.63, 3.8) is 0 Å². The zero-order valence-corrected chi connectivity index (χ0v) is 11.7. The van der Waals surface area contributed by atoms with Gasteiger partial charge in [0.25, 0.3) is 5.91 Å². The highest BCUT2D eigenvalue weighted by molar-refractivity contribution is 9.10. The van der Waals surface area contributed by atoms with Gasteiger partial charge in [0.1, 0.15) is 5.75 Å². The fraction of sp³-hybridized carbons (Fsp3) is 0.385. The van der Waals surface area contributed by atoms with Crippen LogP contribution in [0.3, 0.4) is 0 Å². The summed E-state index contributed by atoms with van der Waals surface area (Å²) in [5, 5.41) is 0. The van der Waals surface area contributed by atoms with E-state index in [9.17, 15) is 9.59 Å². The van der Waals surface area contributed by atoms with Gasteiger partial charge in [0, 0.05) is 10.9 Å². The summed E-state index contributed by atoms with van der Waals surface area (Å²) in [6, 6.07) is 5.44. The molecule has 1 aromatic carbocycles. The summed E-state index contributed by atoms with van der Waals surface area (Å²) in [5.74, 6) is 0.533. The first-order chi connectivity index (χ1) is 8.61. The Morgan fingerprint density at radius 2 is 2.28 bits per heavy atom. The van der Waals surface area contributed by atoms with Gasteiger partial charge in [0.15, 0.2) is 12.4 Å². The molecule has 1 aliphatic rings. The number of rotatable bonds is 4. The van der Waals surface area contributed by atoms with E-state index in [1.807, 2.05) is 13.0 Å². The lowest BCUT2D eigenvalue weighted by molar-refractivity contribution is -0.124. The van der Waals surface area contributed by atoms with Crippen molar-refractivity contribution in [3.05, 3.63) is 22.7 Å². The standard InChI is InChI=1S/C13H14BrNO3/c1-2-3-10(16)7-15-11-6-9(14)4-5-12(11)18-8-13(15)17/h4-6H,2-3,7-8H2,1H3. The van der Waals surface area contributed by atoms with Crippen molar-refractivity contribution in [1.29, 1.82) is 0 Å². The maximum absolute atomic E-state index is 11.8. The Kier molecular flexibility index (Phi) is 4.01. The summed E-state index contributed by atoms with van der Waals surface area (Å²) in [4.78, 5) is 25.0. The number of fused-ring (bicyclic) bond motifs is 1. The molecule has 1 heterocycles. The summed E-state index contributed by atoms with van der Waals surface area (Å²) in [7, 11) is 0. The van der Waals surface area contributed by atoms with Crippen molar-refractivity contribution in [1.82, 2.24) is 0 Å². The first-order valence-electron chi connectivity index (χ1n) is 5.86. The van der Waals surface area contributed by atoms with E-state index in [2.05, 4.69) is 15.9 Å². The number of nitrogens with zero attached hydrogens (tertiary/aromatic N) is 1. The average Bonchev–Trinajstić information content (AvgIpc) is 2.33. The third-order valence-electron chi connectivity index (χ3n) is 2.73. The Balaban J connectivity index is 2.27. The molecule has 0 spiro atoms. The number of ether oxygens (including phenoxy) is 1. The van der Waals surface area contributed by atoms with Gasteiger partial charge in [-0.2, -0.15) is 0 Å². The Bertz CT molecular complexity index is 487. The monoisotopic (exact) mass is 311 g/mol. The number of carbonyl (C=O) groups is 2. The summed E-state index contributed by atoms with van der Waals surface area (Å²) in [6.07, 6.45) is 1.29. The number of anilines is 1. The second-order valence-electron chi connectivity index (χ2n) is 4.17. The molecule has 1 aromatic rings. The minimum Gasteiger partial charge on any atom is -0.482 e. The molecule has 5 heteroatoms. The minimum absolute atomic E-state index is 0.00592. The molecule has 4 nitrogen and oxygen atoms in total. The van der Waals surface area contributed by atoms with Gasteiger partial charge in [-0.15, -0.1) is 0 Å². The molecule has 0 radical (unpaired) electrons. The van der Waals surface area contributed by atoms with Crippen molar-refractivity contribution in [2.75, 3.05) is 18.1 Å². The topological polar surface area (TPSA) is 46.6 Å². The van der Waals surface area contributed by atoms with Gasteiger partial charge in [0.2, 0.25) is 0 Å². The SMILES string of the molecule is CCCC(=O)CN1C(=O)COc2ccc(Br)cc21. The number of carbonyl (C=O) groups excluding carboxylic acids is 2. The molecule has 0 N–H and O–H groups in total. The predicted molar refractivity (Wildman–Crippen MR) is 71.9 cm³/mol. The molecule has 0 unspecified atom stereocenters. The number of Topliss-reactive ketones (excluding diaryl/α,β-unsaturated/α-hetero) is 1. The van der Waals surface area contributed by atoms with E-state index < -0.39 is 0 Å². The van der Waals surface area contributed by atoms with E-state index in [0.29, 0.717) is 17.9 Å². The third-order valence-corrected chi connectivity index (χ3v) is 3.22. The van der Waals surface area contributed by atoms with Crippen molar-refractivity contribution < 1.29 is 14.3 Å². The fourth-order valence-electron chi connectivity index (χ4n) is 1.88. The van der Waals surface area contributed by atoms with Crippen LogP contribution in [0.2, 0.25) is 0 Å². The molecule has 0 atom stereocenters. The molecular formula is C13H14BrNO3. The lowest BCUT2D eigenvalue weighted by Crippen LogP contribution is -2.41. The lowest BCUT2D eigenvalue weighted by atomic mass is 10.2. The summed E-state index contributed by atoms with van der Waals surface area (Å²) < 4.78 is 6.19. The molecule has 0 bridgehead atoms. The summed E-state index contributed by atoms with van der Waals surface area (Å²) >= 11 is 3.36. The summed E-state index contributed by atoms with van der Waals surface area (Å²) in [5.41, 5.74) is 0.657. The van der Waals surface area contributed by atoms with Gasteiger partial charge < -0.3 is 4.74 Å². The third kappa shape index (κ3) is 2.72. The number of ketones is 1. The number of benzene rings is 1. The minimum atomic E-state index is -0.176. The van der Waals surface area contributed by atoms with E-state index in [0.717, 1.165) is 10.9 Å². The van der Waals surface area contributed by atoms with Crippen LogP contribution in [0.1, 0.15) is 19.8 Å². The zero-order valence-electron chi connectivity index (χ0n) is 10.1. The van der Waals surface area contributed by atoms with E-state index >= 15 is 0 Å². The van der Waals surface area contributed by atoms with E-state index in [-0.39, 0.29) is 24.8 Å². The molecule has 0 saturated carbocycles. The second-order valence-corrected chi connectivity index (χ2v) is 5.08. The second kappa shape index (κ2) is 5.52. The van der Waals surface area contributed by atoms with Crippen LogP contribution >= 0.6 is 15.9 Å². The normalized spacial score (nSPS) is 14.1. The maximum Gasteiger partial charge on any atom is 0.265 e. The van der Waals surface area contributed by atoms with Crippen LogP contribution in [0.4, 0.5) is 5.69 Å². The van der Waals surface area contributed by atoms with Crippen molar-refractivity contribution in [2.45, 2.75) is 19.8 Å². The van der Waals surface area contributed by atoms with Gasteiger partial charge in [-0.05, 0) is 24.6 Å². The van der Waals surface area contributed by atoms with Crippen LogP contribution in [-0.2, 0) is 9.59 Å². The Hall–Kier alpha value is -1.36. The Morgan fingerprint density at radius 3 is 3.00 bits per heavy atom. The quantitative estimate of drug-likeness (QED) is 0.858. The van der Waals surface area contributed by atoms with Crippen LogP contribution < -0.4 is 9.64 Å². The van der Waals surface area contributed by atoms with Crippen LogP contribution in [0.5, 0.6) is 5.75 Å². The zero-order chi connectivity index (χ0) is 13.1. The Morgan fingerprint density at radius 1 is 1.50 bits per heavy atom. The fourth-order valence-corrected chi connectivity index (χ4v) is 2.23. The molecule has 0 saturated heterocycles. The molecule has 18 heavy (non-hydrogen) atoms. The number of hydrogen-bond donors (Lipinski definition) is 0. The van der Waals surface area contributed by atoms with Gasteiger partial charge >= 0.3 is 0 Å². The van der Waals surface area contributed by atoms with Crippen LogP contribution in [0, 0.1) is 0 Å². The van der Waals surface area contributed by atoms with Crippen LogP contribution in [0.15, 0.2) is 22.7 Å². The first kappa shape index (κ1) is 13.1. The highest BCUT2D eigenvalue weighted by atomic mass is 79.9. The van der Waals surface area contributed by atoms with Gasteiger partial charge in [0.05, 0.1) is 12.2 Å². The average molecular weight is 312 g/mol. The van der Waals surface area contributed by atoms with Gasteiger partial charge in [-0.1, -0.05) is 22.9 Å². The van der Waals surface area contributed by atoms with E-state index in [4.69, 9.17) is 4.74 Å². The van der Waals surface area contributed by atoms with Crippen LogP contribution in [-0.4, -0.2) is 24.8 Å². The lowest BCUT2D eigenvalue weighted by Gasteiger charge is -2.29. The molecule has 0 fully saturated rings. The molecule has 1 aliphatic heterocycles. The number of hydrogen-bond acceptors (Lipinski definition) is 3. The molecular weight excluding hydrogens is 298 g/mol. The largest absolute Gasteiger partial charge is 0.482 e. The molecule has 0 aromatic heterocycles. The highest BCUT2D eigenvalue weighted by Crippen LogP contribution is 2.34. The van der Waals surface area contributed by atoms with Crippen molar-refractivity contribution >= 4 is 33.3 Å². The first-order valence-corrected chi connectivity index (χ1v) is 6.65. The number of halogens is 1. The van der Waals surface area contributed by atoms with E-state index in [1.165, 1.54) is 4.90 Å². The van der Waals surface area contributed by atoms with E-state index in [1.54, 1.807) is 12.1 Å². The molecule has 2 rings (SSSR count). The van der Waals surface area contributed by atoms with Crippen molar-refractivity contribution in [3.8, 4) is 5.75 Å². The number of amides is 1. The molecule has 1 amide bonds. The van der Waals surface area contributed by atoms with Crippen LogP contribution in [0.25, 0.3) is 0 Å². The smallest absolute Gasteiger partial charge is 0.265 e. The molecule has 96 valence electrons. The molecule has 0 aliphatic carbocycles. The Labute approximate surface area is 114 Å².